The molecule has 5 rings (SSSR count). The SMILES string of the molecule is O=C(Nc1nnc(-c2ccc(F)cc2)o1)c1ccc(S(=O)(=O)N2CCc3ccccc3C2)cc1. The highest BCUT2D eigenvalue weighted by molar-refractivity contribution is 7.89. The van der Waals surface area contributed by atoms with Crippen molar-refractivity contribution >= 4 is 21.9 Å². The van der Waals surface area contributed by atoms with Gasteiger partial charge in [-0.15, -0.1) is 5.10 Å². The molecule has 3 aromatic carbocycles. The van der Waals surface area contributed by atoms with Gasteiger partial charge in [-0.2, -0.15) is 4.31 Å². The van der Waals surface area contributed by atoms with Crippen LogP contribution in [0.15, 0.2) is 82.1 Å². The van der Waals surface area contributed by atoms with Crippen LogP contribution in [0, 0.1) is 5.82 Å². The monoisotopic (exact) mass is 478 g/mol. The van der Waals surface area contributed by atoms with Crippen molar-refractivity contribution in [2.75, 3.05) is 11.9 Å². The van der Waals surface area contributed by atoms with E-state index in [1.165, 1.54) is 52.8 Å². The smallest absolute Gasteiger partial charge is 0.322 e. The van der Waals surface area contributed by atoms with Crippen LogP contribution in [-0.2, 0) is 23.0 Å². The Morgan fingerprint density at radius 2 is 1.65 bits per heavy atom. The van der Waals surface area contributed by atoms with E-state index in [1.807, 2.05) is 24.3 Å². The van der Waals surface area contributed by atoms with Crippen LogP contribution >= 0.6 is 0 Å². The molecule has 2 heterocycles. The van der Waals surface area contributed by atoms with E-state index in [1.54, 1.807) is 0 Å². The van der Waals surface area contributed by atoms with Crippen molar-refractivity contribution in [2.45, 2.75) is 17.9 Å². The first kappa shape index (κ1) is 21.9. The van der Waals surface area contributed by atoms with Gasteiger partial charge in [-0.1, -0.05) is 29.4 Å². The third-order valence-corrected chi connectivity index (χ3v) is 7.45. The van der Waals surface area contributed by atoms with Crippen LogP contribution in [0.4, 0.5) is 10.4 Å². The van der Waals surface area contributed by atoms with Gasteiger partial charge in [0.15, 0.2) is 0 Å². The second-order valence-corrected chi connectivity index (χ2v) is 9.69. The molecule has 1 aliphatic rings. The van der Waals surface area contributed by atoms with E-state index < -0.39 is 21.7 Å². The van der Waals surface area contributed by atoms with Crippen LogP contribution in [0.25, 0.3) is 11.5 Å². The van der Waals surface area contributed by atoms with E-state index in [0.717, 1.165) is 11.1 Å². The molecule has 1 aliphatic heterocycles. The topological polar surface area (TPSA) is 105 Å². The lowest BCUT2D eigenvalue weighted by atomic mass is 10.0. The lowest BCUT2D eigenvalue weighted by molar-refractivity contribution is 0.102. The molecule has 4 aromatic rings. The number of halogens is 1. The van der Waals surface area contributed by atoms with Gasteiger partial charge in [0.25, 0.3) is 5.91 Å². The Kier molecular flexibility index (Phi) is 5.68. The standard InChI is InChI=1S/C24H19FN4O4S/c25-20-9-5-18(6-10-20)23-27-28-24(33-23)26-22(30)17-7-11-21(12-8-17)34(31,32)29-14-13-16-3-1-2-4-19(16)15-29/h1-12H,13-15H2,(H,26,28,30). The molecule has 10 heteroatoms. The average molecular weight is 479 g/mol. The van der Waals surface area contributed by atoms with Crippen molar-refractivity contribution < 1.29 is 22.0 Å². The van der Waals surface area contributed by atoms with E-state index in [2.05, 4.69) is 15.5 Å². The summed E-state index contributed by atoms with van der Waals surface area (Å²) in [5.74, 6) is -0.808. The maximum absolute atomic E-state index is 13.1. The quantitative estimate of drug-likeness (QED) is 0.467. The Morgan fingerprint density at radius 3 is 2.38 bits per heavy atom. The van der Waals surface area contributed by atoms with Crippen molar-refractivity contribution in [3.05, 3.63) is 95.3 Å². The number of rotatable bonds is 5. The van der Waals surface area contributed by atoms with Crippen LogP contribution in [0.3, 0.4) is 0 Å². The van der Waals surface area contributed by atoms with Crippen LogP contribution in [-0.4, -0.2) is 35.4 Å². The minimum atomic E-state index is -3.70. The predicted octanol–water partition coefficient (Wildman–Crippen LogP) is 3.88. The van der Waals surface area contributed by atoms with Gasteiger partial charge in [0, 0.05) is 24.2 Å². The molecule has 0 saturated heterocycles. The lowest BCUT2D eigenvalue weighted by Gasteiger charge is -2.28. The van der Waals surface area contributed by atoms with Crippen LogP contribution in [0.1, 0.15) is 21.5 Å². The molecule has 0 bridgehead atoms. The summed E-state index contributed by atoms with van der Waals surface area (Å²) in [6, 6.07) is 18.8. The van der Waals surface area contributed by atoms with Gasteiger partial charge >= 0.3 is 6.01 Å². The second-order valence-electron chi connectivity index (χ2n) is 7.76. The van der Waals surface area contributed by atoms with E-state index in [0.29, 0.717) is 25.1 Å². The first-order chi connectivity index (χ1) is 16.4. The third-order valence-electron chi connectivity index (χ3n) is 5.59. The minimum absolute atomic E-state index is 0.111. The highest BCUT2D eigenvalue weighted by Gasteiger charge is 2.28. The largest absolute Gasteiger partial charge is 0.403 e. The number of aromatic nitrogens is 2. The summed E-state index contributed by atoms with van der Waals surface area (Å²) < 4.78 is 46.1. The highest BCUT2D eigenvalue weighted by Crippen LogP contribution is 2.25. The number of carbonyl (C=O) groups is 1. The molecule has 0 saturated carbocycles. The van der Waals surface area contributed by atoms with E-state index >= 15 is 0 Å². The van der Waals surface area contributed by atoms with E-state index in [9.17, 15) is 17.6 Å². The molecule has 0 radical (unpaired) electrons. The maximum atomic E-state index is 13.1. The molecular formula is C24H19FN4O4S. The summed E-state index contributed by atoms with van der Waals surface area (Å²) in [7, 11) is -3.70. The number of benzene rings is 3. The Balaban J connectivity index is 1.28. The number of carbonyl (C=O) groups excluding carboxylic acids is 1. The predicted molar refractivity (Wildman–Crippen MR) is 122 cm³/mol. The molecule has 0 spiro atoms. The zero-order valence-corrected chi connectivity index (χ0v) is 18.6. The lowest BCUT2D eigenvalue weighted by Crippen LogP contribution is -2.35. The van der Waals surface area contributed by atoms with Crippen LogP contribution in [0.2, 0.25) is 0 Å². The first-order valence-electron chi connectivity index (χ1n) is 10.5. The number of sulfonamides is 1. The molecule has 1 N–H and O–H groups in total. The summed E-state index contributed by atoms with van der Waals surface area (Å²) in [6.45, 7) is 0.712. The second kappa shape index (κ2) is 8.81. The van der Waals surface area contributed by atoms with Gasteiger partial charge in [0.2, 0.25) is 15.9 Å². The number of fused-ring (bicyclic) bond motifs is 1. The van der Waals surface area contributed by atoms with Gasteiger partial charge < -0.3 is 4.42 Å². The molecule has 34 heavy (non-hydrogen) atoms. The molecule has 8 nitrogen and oxygen atoms in total. The number of anilines is 1. The van der Waals surface area contributed by atoms with Crippen molar-refractivity contribution in [2.24, 2.45) is 0 Å². The molecule has 0 aliphatic carbocycles. The molecule has 1 aromatic heterocycles. The highest BCUT2D eigenvalue weighted by atomic mass is 32.2. The molecule has 0 atom stereocenters. The summed E-state index contributed by atoms with van der Waals surface area (Å²) in [5, 5.41) is 10.1. The Bertz CT molecular complexity index is 1450. The van der Waals surface area contributed by atoms with Gasteiger partial charge in [-0.05, 0) is 66.1 Å². The summed E-state index contributed by atoms with van der Waals surface area (Å²) in [6.07, 6.45) is 0.653. The molecule has 1 amide bonds. The fraction of sp³-hybridized carbons (Fsp3) is 0.125. The Labute approximate surface area is 195 Å². The number of hydrogen-bond donors (Lipinski definition) is 1. The number of hydrogen-bond acceptors (Lipinski definition) is 6. The fourth-order valence-corrected chi connectivity index (χ4v) is 5.17. The molecule has 172 valence electrons. The van der Waals surface area contributed by atoms with Gasteiger partial charge in [-0.3, -0.25) is 10.1 Å². The van der Waals surface area contributed by atoms with Crippen molar-refractivity contribution in [1.82, 2.24) is 14.5 Å². The zero-order chi connectivity index (χ0) is 23.7. The Morgan fingerprint density at radius 1 is 0.941 bits per heavy atom. The summed E-state index contributed by atoms with van der Waals surface area (Å²) in [5.41, 5.74) is 2.88. The van der Waals surface area contributed by atoms with Gasteiger partial charge in [-0.25, -0.2) is 12.8 Å². The third kappa shape index (κ3) is 4.33. The van der Waals surface area contributed by atoms with Gasteiger partial charge in [0.1, 0.15) is 5.82 Å². The molecule has 0 fully saturated rings. The number of nitrogens with one attached hydrogen (secondary N) is 1. The first-order valence-corrected chi connectivity index (χ1v) is 11.9. The van der Waals surface area contributed by atoms with E-state index in [4.69, 9.17) is 4.42 Å². The Hall–Kier alpha value is -3.89. The van der Waals surface area contributed by atoms with Crippen molar-refractivity contribution in [1.29, 1.82) is 0 Å². The van der Waals surface area contributed by atoms with Crippen LogP contribution < -0.4 is 5.32 Å². The average Bonchev–Trinajstić information content (AvgIpc) is 3.32. The van der Waals surface area contributed by atoms with Gasteiger partial charge in [0.05, 0.1) is 4.90 Å². The number of nitrogens with zero attached hydrogens (tertiary/aromatic N) is 3. The number of amides is 1. The normalized spacial score (nSPS) is 13.9. The maximum Gasteiger partial charge on any atom is 0.322 e. The van der Waals surface area contributed by atoms with Crippen molar-refractivity contribution in [3.63, 3.8) is 0 Å². The fourth-order valence-electron chi connectivity index (χ4n) is 3.75. The summed E-state index contributed by atoms with van der Waals surface area (Å²) in [4.78, 5) is 12.7. The minimum Gasteiger partial charge on any atom is -0.403 e. The van der Waals surface area contributed by atoms with Crippen LogP contribution in [0.5, 0.6) is 0 Å². The molecular weight excluding hydrogens is 459 g/mol. The summed E-state index contributed by atoms with van der Waals surface area (Å²) >= 11 is 0. The van der Waals surface area contributed by atoms with Crippen molar-refractivity contribution in [3.8, 4) is 11.5 Å². The molecule has 0 unspecified atom stereocenters. The van der Waals surface area contributed by atoms with E-state index in [-0.39, 0.29) is 22.4 Å². The zero-order valence-electron chi connectivity index (χ0n) is 17.8.